The molecular weight excluding hydrogens is 251 g/mol. The van der Waals surface area contributed by atoms with Crippen LogP contribution in [0.25, 0.3) is 0 Å². The van der Waals surface area contributed by atoms with Crippen LogP contribution in [0.5, 0.6) is 0 Å². The van der Waals surface area contributed by atoms with Gasteiger partial charge in [-0.3, -0.25) is 0 Å². The monoisotopic (exact) mass is 262 g/mol. The Morgan fingerprint density at radius 3 is 2.69 bits per heavy atom. The van der Waals surface area contributed by atoms with Gasteiger partial charge in [-0.15, -0.1) is 0 Å². The van der Waals surface area contributed by atoms with E-state index in [1.165, 1.54) is 12.1 Å². The van der Waals surface area contributed by atoms with Gasteiger partial charge in [-0.05, 0) is 25.1 Å². The number of esters is 1. The Morgan fingerprint density at radius 2 is 2.12 bits per heavy atom. The molecule has 1 atom stereocenters. The Morgan fingerprint density at radius 1 is 1.44 bits per heavy atom. The van der Waals surface area contributed by atoms with Gasteiger partial charge in [0.15, 0.2) is 0 Å². The molecule has 0 aromatic heterocycles. The van der Waals surface area contributed by atoms with Gasteiger partial charge in [0.05, 0.1) is 17.2 Å². The molecule has 0 aliphatic rings. The molecule has 0 radical (unpaired) electrons. The number of benzene rings is 1. The Labute approximate surface area is 104 Å². The van der Waals surface area contributed by atoms with Crippen molar-refractivity contribution in [1.29, 1.82) is 0 Å². The molecule has 5 heteroatoms. The fourth-order valence-corrected chi connectivity index (χ4v) is 1.66. The van der Waals surface area contributed by atoms with Crippen molar-refractivity contribution in [2.75, 3.05) is 13.7 Å². The predicted octanol–water partition coefficient (Wildman–Crippen LogP) is 3.19. The first-order valence-corrected chi connectivity index (χ1v) is 5.45. The molecule has 0 spiro atoms. The molecule has 0 saturated heterocycles. The standard InChI is InChI=1S/C11H12Cl2O3/c1-7(6-15-2)16-11(14)9-4-3-8(12)5-10(9)13/h3-5,7H,6H2,1-2H3. The van der Waals surface area contributed by atoms with Crippen LogP contribution < -0.4 is 0 Å². The largest absolute Gasteiger partial charge is 0.457 e. The summed E-state index contributed by atoms with van der Waals surface area (Å²) in [6.07, 6.45) is -0.316. The van der Waals surface area contributed by atoms with E-state index in [9.17, 15) is 4.79 Å². The minimum atomic E-state index is -0.480. The molecule has 3 nitrogen and oxygen atoms in total. The van der Waals surface area contributed by atoms with E-state index in [1.807, 2.05) is 0 Å². The van der Waals surface area contributed by atoms with Gasteiger partial charge in [0.2, 0.25) is 0 Å². The van der Waals surface area contributed by atoms with Crippen LogP contribution in [-0.4, -0.2) is 25.8 Å². The molecule has 0 aliphatic heterocycles. The van der Waals surface area contributed by atoms with Crippen molar-refractivity contribution in [3.63, 3.8) is 0 Å². The zero-order valence-corrected chi connectivity index (χ0v) is 10.5. The predicted molar refractivity (Wildman–Crippen MR) is 63.2 cm³/mol. The molecule has 16 heavy (non-hydrogen) atoms. The number of hydrogen-bond donors (Lipinski definition) is 0. The fraction of sp³-hybridized carbons (Fsp3) is 0.364. The molecule has 1 unspecified atom stereocenters. The third-order valence-corrected chi connectivity index (χ3v) is 2.41. The van der Waals surface area contributed by atoms with Crippen molar-refractivity contribution in [2.45, 2.75) is 13.0 Å². The van der Waals surface area contributed by atoms with Crippen LogP contribution in [0.3, 0.4) is 0 Å². The lowest BCUT2D eigenvalue weighted by Gasteiger charge is -2.12. The summed E-state index contributed by atoms with van der Waals surface area (Å²) in [4.78, 5) is 11.7. The molecule has 0 aliphatic carbocycles. The summed E-state index contributed by atoms with van der Waals surface area (Å²) >= 11 is 11.6. The molecule has 1 aromatic rings. The van der Waals surface area contributed by atoms with Gasteiger partial charge in [-0.2, -0.15) is 0 Å². The van der Waals surface area contributed by atoms with Crippen LogP contribution in [0.15, 0.2) is 18.2 Å². The number of methoxy groups -OCH3 is 1. The van der Waals surface area contributed by atoms with Gasteiger partial charge in [-0.25, -0.2) is 4.79 Å². The number of carbonyl (C=O) groups is 1. The smallest absolute Gasteiger partial charge is 0.339 e. The fourth-order valence-electron chi connectivity index (χ4n) is 1.17. The number of ether oxygens (including phenoxy) is 2. The summed E-state index contributed by atoms with van der Waals surface area (Å²) < 4.78 is 9.96. The molecule has 0 bridgehead atoms. The van der Waals surface area contributed by atoms with E-state index < -0.39 is 5.97 Å². The molecule has 1 aromatic carbocycles. The zero-order chi connectivity index (χ0) is 12.1. The lowest BCUT2D eigenvalue weighted by molar-refractivity contribution is 0.0120. The molecule has 0 amide bonds. The van der Waals surface area contributed by atoms with E-state index in [2.05, 4.69) is 0 Å². The maximum atomic E-state index is 11.7. The van der Waals surface area contributed by atoms with Crippen LogP contribution in [0.2, 0.25) is 10.0 Å². The minimum Gasteiger partial charge on any atom is -0.457 e. The van der Waals surface area contributed by atoms with E-state index in [0.29, 0.717) is 17.2 Å². The van der Waals surface area contributed by atoms with Gasteiger partial charge in [0.1, 0.15) is 6.10 Å². The third-order valence-electron chi connectivity index (χ3n) is 1.86. The third kappa shape index (κ3) is 3.67. The van der Waals surface area contributed by atoms with Crippen LogP contribution in [0.4, 0.5) is 0 Å². The second kappa shape index (κ2) is 6.09. The lowest BCUT2D eigenvalue weighted by Crippen LogP contribution is -2.19. The highest BCUT2D eigenvalue weighted by molar-refractivity contribution is 6.36. The molecule has 88 valence electrons. The Bertz CT molecular complexity index is 379. The van der Waals surface area contributed by atoms with Crippen molar-refractivity contribution < 1.29 is 14.3 Å². The molecule has 0 heterocycles. The summed E-state index contributed by atoms with van der Waals surface area (Å²) in [6, 6.07) is 4.62. The van der Waals surface area contributed by atoms with E-state index in [4.69, 9.17) is 32.7 Å². The summed E-state index contributed by atoms with van der Waals surface area (Å²) in [7, 11) is 1.54. The second-order valence-electron chi connectivity index (χ2n) is 3.30. The Hall–Kier alpha value is -0.770. The first-order chi connectivity index (χ1) is 7.54. The van der Waals surface area contributed by atoms with Crippen LogP contribution >= 0.6 is 23.2 Å². The van der Waals surface area contributed by atoms with E-state index in [0.717, 1.165) is 0 Å². The van der Waals surface area contributed by atoms with Crippen molar-refractivity contribution >= 4 is 29.2 Å². The van der Waals surface area contributed by atoms with Gasteiger partial charge in [0.25, 0.3) is 0 Å². The van der Waals surface area contributed by atoms with Gasteiger partial charge in [0, 0.05) is 12.1 Å². The quantitative estimate of drug-likeness (QED) is 0.782. The van der Waals surface area contributed by atoms with Gasteiger partial charge in [-0.1, -0.05) is 23.2 Å². The first kappa shape index (κ1) is 13.3. The van der Waals surface area contributed by atoms with Crippen LogP contribution in [0, 0.1) is 0 Å². The molecule has 0 saturated carbocycles. The van der Waals surface area contributed by atoms with Crippen molar-refractivity contribution in [3.05, 3.63) is 33.8 Å². The number of rotatable bonds is 4. The summed E-state index contributed by atoms with van der Waals surface area (Å²) in [5, 5.41) is 0.758. The maximum absolute atomic E-state index is 11.7. The number of halogens is 2. The van der Waals surface area contributed by atoms with Crippen molar-refractivity contribution in [1.82, 2.24) is 0 Å². The Balaban J connectivity index is 2.73. The van der Waals surface area contributed by atoms with E-state index in [1.54, 1.807) is 20.1 Å². The average Bonchev–Trinajstić information content (AvgIpc) is 2.17. The van der Waals surface area contributed by atoms with Crippen LogP contribution in [0.1, 0.15) is 17.3 Å². The topological polar surface area (TPSA) is 35.5 Å². The van der Waals surface area contributed by atoms with E-state index >= 15 is 0 Å². The van der Waals surface area contributed by atoms with Crippen molar-refractivity contribution in [2.24, 2.45) is 0 Å². The molecular formula is C11H12Cl2O3. The first-order valence-electron chi connectivity index (χ1n) is 4.69. The summed E-state index contributed by atoms with van der Waals surface area (Å²) in [5.74, 6) is -0.480. The molecule has 1 rings (SSSR count). The highest BCUT2D eigenvalue weighted by Crippen LogP contribution is 2.21. The van der Waals surface area contributed by atoms with Crippen LogP contribution in [-0.2, 0) is 9.47 Å². The maximum Gasteiger partial charge on any atom is 0.339 e. The zero-order valence-electron chi connectivity index (χ0n) is 9.00. The van der Waals surface area contributed by atoms with E-state index in [-0.39, 0.29) is 11.1 Å². The number of hydrogen-bond acceptors (Lipinski definition) is 3. The normalized spacial score (nSPS) is 12.2. The number of carbonyl (C=O) groups excluding carboxylic acids is 1. The SMILES string of the molecule is COCC(C)OC(=O)c1ccc(Cl)cc1Cl. The molecule has 0 N–H and O–H groups in total. The van der Waals surface area contributed by atoms with Gasteiger partial charge >= 0.3 is 5.97 Å². The summed E-state index contributed by atoms with van der Waals surface area (Å²) in [5.41, 5.74) is 0.300. The van der Waals surface area contributed by atoms with Gasteiger partial charge < -0.3 is 9.47 Å². The van der Waals surface area contributed by atoms with Crippen molar-refractivity contribution in [3.8, 4) is 0 Å². The average molecular weight is 263 g/mol. The second-order valence-corrected chi connectivity index (χ2v) is 4.14. The highest BCUT2D eigenvalue weighted by Gasteiger charge is 2.15. The molecule has 0 fully saturated rings. The summed E-state index contributed by atoms with van der Waals surface area (Å²) in [6.45, 7) is 2.09. The Kier molecular flexibility index (Phi) is 5.06. The lowest BCUT2D eigenvalue weighted by atomic mass is 10.2. The highest BCUT2D eigenvalue weighted by atomic mass is 35.5. The minimum absolute atomic E-state index is 0.280.